The van der Waals surface area contributed by atoms with Gasteiger partial charge in [-0.3, -0.25) is 0 Å². The Balaban J connectivity index is 1.68. The van der Waals surface area contributed by atoms with Crippen molar-refractivity contribution in [1.29, 1.82) is 0 Å². The summed E-state index contributed by atoms with van der Waals surface area (Å²) in [6.45, 7) is 7.17. The molecule has 2 nitrogen and oxygen atoms in total. The van der Waals surface area contributed by atoms with Crippen LogP contribution in [0.25, 0.3) is 0 Å². The predicted octanol–water partition coefficient (Wildman–Crippen LogP) is 3.73. The summed E-state index contributed by atoms with van der Waals surface area (Å²) in [5, 5.41) is 10.7. The van der Waals surface area contributed by atoms with Gasteiger partial charge in [0.25, 0.3) is 0 Å². The predicted molar refractivity (Wildman–Crippen MR) is 85.4 cm³/mol. The maximum atomic E-state index is 10.7. The number of fused-ring (bicyclic) bond motifs is 4. The Bertz CT molecular complexity index is 636. The molecule has 5 rings (SSSR count). The number of rotatable bonds is 0. The van der Waals surface area contributed by atoms with Crippen LogP contribution >= 0.6 is 0 Å². The number of aliphatic hydroxyl groups is 1. The van der Waals surface area contributed by atoms with E-state index in [-0.39, 0.29) is 11.5 Å². The molecule has 0 spiro atoms. The monoisotopic (exact) mass is 298 g/mol. The third kappa shape index (κ3) is 1.48. The molecular weight excluding hydrogens is 272 g/mol. The van der Waals surface area contributed by atoms with Gasteiger partial charge in [0.2, 0.25) is 0 Å². The molecule has 1 unspecified atom stereocenters. The molecule has 1 aromatic carbocycles. The maximum Gasteiger partial charge on any atom is 0.162 e. The van der Waals surface area contributed by atoms with Gasteiger partial charge in [0.05, 0.1) is 5.60 Å². The number of hydrogen-bond donors (Lipinski definition) is 1. The highest BCUT2D eigenvalue weighted by Gasteiger charge is 2.69. The van der Waals surface area contributed by atoms with Crippen molar-refractivity contribution < 1.29 is 9.84 Å². The summed E-state index contributed by atoms with van der Waals surface area (Å²) in [6.07, 6.45) is 2.91. The molecule has 1 aromatic rings. The lowest BCUT2D eigenvalue weighted by Crippen LogP contribution is -2.42. The Labute approximate surface area is 132 Å². The molecule has 3 aliphatic carbocycles. The third-order valence-electron chi connectivity index (χ3n) is 7.67. The fourth-order valence-corrected chi connectivity index (χ4v) is 6.68. The second-order valence-corrected chi connectivity index (χ2v) is 8.93. The van der Waals surface area contributed by atoms with E-state index in [9.17, 15) is 5.11 Å². The Morgan fingerprint density at radius 3 is 2.73 bits per heavy atom. The average molecular weight is 298 g/mol. The number of hydrogen-bond acceptors (Lipinski definition) is 2. The molecule has 2 heteroatoms. The van der Waals surface area contributed by atoms with Gasteiger partial charge in [0, 0.05) is 11.8 Å². The van der Waals surface area contributed by atoms with Crippen LogP contribution in [0.2, 0.25) is 0 Å². The summed E-state index contributed by atoms with van der Waals surface area (Å²) >= 11 is 0. The molecule has 118 valence electrons. The smallest absolute Gasteiger partial charge is 0.162 e. The normalized spacial score (nSPS) is 50.5. The van der Waals surface area contributed by atoms with E-state index in [0.717, 1.165) is 18.3 Å². The number of benzene rings is 1. The molecule has 22 heavy (non-hydrogen) atoms. The van der Waals surface area contributed by atoms with Gasteiger partial charge in [-0.25, -0.2) is 0 Å². The van der Waals surface area contributed by atoms with E-state index in [1.807, 2.05) is 0 Å². The van der Waals surface area contributed by atoms with Gasteiger partial charge in [0.1, 0.15) is 0 Å². The van der Waals surface area contributed by atoms with Crippen LogP contribution in [0.4, 0.5) is 0 Å². The molecule has 1 saturated heterocycles. The third-order valence-corrected chi connectivity index (χ3v) is 7.67. The van der Waals surface area contributed by atoms with Gasteiger partial charge < -0.3 is 9.84 Å². The van der Waals surface area contributed by atoms with Gasteiger partial charge in [-0.1, -0.05) is 38.1 Å². The van der Waals surface area contributed by atoms with Crippen molar-refractivity contribution in [2.75, 3.05) is 0 Å². The van der Waals surface area contributed by atoms with E-state index in [4.69, 9.17) is 4.74 Å². The molecule has 4 aliphatic rings. The zero-order valence-electron chi connectivity index (χ0n) is 13.8. The van der Waals surface area contributed by atoms with Gasteiger partial charge >= 0.3 is 0 Å². The van der Waals surface area contributed by atoms with Crippen LogP contribution in [-0.2, 0) is 11.2 Å². The summed E-state index contributed by atoms with van der Waals surface area (Å²) in [4.78, 5) is 0. The van der Waals surface area contributed by atoms with E-state index >= 15 is 0 Å². The van der Waals surface area contributed by atoms with Crippen LogP contribution in [0, 0.1) is 29.1 Å². The molecular formula is C20H26O2. The van der Waals surface area contributed by atoms with Crippen molar-refractivity contribution in [3.63, 3.8) is 0 Å². The first kappa shape index (κ1) is 13.6. The molecule has 0 aromatic heterocycles. The lowest BCUT2D eigenvalue weighted by Gasteiger charge is -2.41. The summed E-state index contributed by atoms with van der Waals surface area (Å²) in [5.74, 6) is 2.99. The van der Waals surface area contributed by atoms with Crippen LogP contribution < -0.4 is 0 Å². The SMILES string of the molecule is CC1(C)[C@H]2[C@@H]3Cc4ccccc4C4[C@@H](O)O[C@@](C)(CC[C@@H]21)[C@@H]43. The fraction of sp³-hybridized carbons (Fsp3) is 0.700. The highest BCUT2D eigenvalue weighted by molar-refractivity contribution is 5.38. The Morgan fingerprint density at radius 2 is 1.91 bits per heavy atom. The first-order valence-corrected chi connectivity index (χ1v) is 8.87. The molecule has 3 fully saturated rings. The fourth-order valence-electron chi connectivity index (χ4n) is 6.68. The van der Waals surface area contributed by atoms with Gasteiger partial charge in [-0.2, -0.15) is 0 Å². The average Bonchev–Trinajstić information content (AvgIpc) is 2.96. The van der Waals surface area contributed by atoms with Crippen molar-refractivity contribution in [2.24, 2.45) is 29.1 Å². The summed E-state index contributed by atoms with van der Waals surface area (Å²) in [6, 6.07) is 8.74. The molecule has 2 saturated carbocycles. The molecule has 7 atom stereocenters. The van der Waals surface area contributed by atoms with E-state index in [1.165, 1.54) is 24.0 Å². The zero-order valence-corrected chi connectivity index (χ0v) is 13.8. The number of ether oxygens (including phenoxy) is 1. The second-order valence-electron chi connectivity index (χ2n) is 8.93. The van der Waals surface area contributed by atoms with Gasteiger partial charge in [-0.15, -0.1) is 0 Å². The van der Waals surface area contributed by atoms with Crippen LogP contribution in [0.3, 0.4) is 0 Å². The minimum absolute atomic E-state index is 0.133. The van der Waals surface area contributed by atoms with Crippen LogP contribution in [0.15, 0.2) is 24.3 Å². The van der Waals surface area contributed by atoms with Crippen molar-refractivity contribution in [2.45, 2.75) is 57.8 Å². The van der Waals surface area contributed by atoms with E-state index in [1.54, 1.807) is 0 Å². The quantitative estimate of drug-likeness (QED) is 0.791. The summed E-state index contributed by atoms with van der Waals surface area (Å²) in [7, 11) is 0. The van der Waals surface area contributed by atoms with Gasteiger partial charge in [-0.05, 0) is 60.5 Å². The minimum atomic E-state index is -0.627. The molecule has 0 radical (unpaired) electrons. The van der Waals surface area contributed by atoms with E-state index < -0.39 is 6.29 Å². The molecule has 0 bridgehead atoms. The van der Waals surface area contributed by atoms with E-state index in [2.05, 4.69) is 45.0 Å². The highest BCUT2D eigenvalue weighted by Crippen LogP contribution is 2.72. The minimum Gasteiger partial charge on any atom is -0.367 e. The first-order chi connectivity index (χ1) is 10.4. The zero-order chi connectivity index (χ0) is 15.3. The Hall–Kier alpha value is -0.860. The van der Waals surface area contributed by atoms with Crippen molar-refractivity contribution in [3.05, 3.63) is 35.4 Å². The Kier molecular flexibility index (Phi) is 2.44. The lowest BCUT2D eigenvalue weighted by molar-refractivity contribution is -0.143. The lowest BCUT2D eigenvalue weighted by atomic mass is 9.62. The second kappa shape index (κ2) is 3.96. The van der Waals surface area contributed by atoms with Crippen LogP contribution in [-0.4, -0.2) is 17.0 Å². The van der Waals surface area contributed by atoms with Crippen molar-refractivity contribution in [3.8, 4) is 0 Å². The molecule has 1 N–H and O–H groups in total. The summed E-state index contributed by atoms with van der Waals surface area (Å²) in [5.41, 5.74) is 3.14. The van der Waals surface area contributed by atoms with Crippen LogP contribution in [0.1, 0.15) is 50.7 Å². The summed E-state index contributed by atoms with van der Waals surface area (Å²) < 4.78 is 6.20. The van der Waals surface area contributed by atoms with Gasteiger partial charge in [0.15, 0.2) is 6.29 Å². The molecule has 1 heterocycles. The molecule has 0 amide bonds. The van der Waals surface area contributed by atoms with Crippen molar-refractivity contribution in [1.82, 2.24) is 0 Å². The van der Waals surface area contributed by atoms with Crippen molar-refractivity contribution >= 4 is 0 Å². The largest absolute Gasteiger partial charge is 0.367 e. The number of aliphatic hydroxyl groups excluding tert-OH is 1. The maximum absolute atomic E-state index is 10.7. The molecule has 1 aliphatic heterocycles. The highest BCUT2D eigenvalue weighted by atomic mass is 16.6. The standard InChI is InChI=1S/C20H26O2/c1-19(2)14-8-9-20(3)17-13(16(14)19)10-11-6-4-5-7-12(11)15(17)18(21)22-20/h4-7,13-18,21H,8-10H2,1-3H3/t13-,14-,15?,16-,17+,18-,20-/m0/s1. The Morgan fingerprint density at radius 1 is 1.14 bits per heavy atom. The topological polar surface area (TPSA) is 29.5 Å². The first-order valence-electron chi connectivity index (χ1n) is 8.87. The van der Waals surface area contributed by atoms with E-state index in [0.29, 0.717) is 17.3 Å². The van der Waals surface area contributed by atoms with Crippen LogP contribution in [0.5, 0.6) is 0 Å².